The van der Waals surface area contributed by atoms with E-state index in [1.54, 1.807) is 6.92 Å². The molecule has 2 atom stereocenters. The van der Waals surface area contributed by atoms with Crippen molar-refractivity contribution in [1.29, 1.82) is 0 Å². The van der Waals surface area contributed by atoms with Crippen LogP contribution in [0.3, 0.4) is 0 Å². The number of ether oxygens (including phenoxy) is 1. The summed E-state index contributed by atoms with van der Waals surface area (Å²) >= 11 is 1.83. The van der Waals surface area contributed by atoms with E-state index >= 15 is 0 Å². The summed E-state index contributed by atoms with van der Waals surface area (Å²) in [6, 6.07) is 0. The molecule has 1 aliphatic rings. The summed E-state index contributed by atoms with van der Waals surface area (Å²) < 4.78 is 5.66. The van der Waals surface area contributed by atoms with Crippen molar-refractivity contribution in [3.05, 3.63) is 22.8 Å². The predicted octanol–water partition coefficient (Wildman–Crippen LogP) is 2.09. The zero-order valence-corrected chi connectivity index (χ0v) is 12.2. The normalized spacial score (nSPS) is 21.1. The van der Waals surface area contributed by atoms with E-state index in [1.165, 1.54) is 0 Å². The van der Waals surface area contributed by atoms with Gasteiger partial charge in [-0.3, -0.25) is 4.79 Å². The van der Waals surface area contributed by atoms with Crippen LogP contribution in [0.15, 0.2) is 0 Å². The monoisotopic (exact) mass is 282 g/mol. The van der Waals surface area contributed by atoms with Gasteiger partial charge in [0, 0.05) is 28.5 Å². The van der Waals surface area contributed by atoms with Crippen LogP contribution >= 0.6 is 11.8 Å². The first kappa shape index (κ1) is 14.3. The van der Waals surface area contributed by atoms with Gasteiger partial charge in [0.05, 0.1) is 12.5 Å². The number of thioether (sulfide) groups is 1. The molecule has 0 radical (unpaired) electrons. The van der Waals surface area contributed by atoms with Gasteiger partial charge in [-0.05, 0) is 20.8 Å². The predicted molar refractivity (Wildman–Crippen MR) is 73.6 cm³/mol. The van der Waals surface area contributed by atoms with Gasteiger partial charge >= 0.3 is 5.97 Å². The van der Waals surface area contributed by atoms with Crippen LogP contribution in [-0.2, 0) is 9.53 Å². The fourth-order valence-corrected chi connectivity index (χ4v) is 3.12. The third kappa shape index (κ3) is 3.06. The van der Waals surface area contributed by atoms with Crippen LogP contribution in [0.1, 0.15) is 41.7 Å². The average molecular weight is 282 g/mol. The van der Waals surface area contributed by atoms with Crippen LogP contribution in [0, 0.1) is 13.8 Å². The quantitative estimate of drug-likeness (QED) is 0.915. The second-order valence-electron chi connectivity index (χ2n) is 4.66. The van der Waals surface area contributed by atoms with Crippen LogP contribution in [-0.4, -0.2) is 39.2 Å². The molecule has 6 heteroatoms. The largest absolute Gasteiger partial charge is 0.481 e. The number of carboxylic acid groups (broad SMARTS) is 1. The molecular formula is C13H18N2O3S. The maximum Gasteiger partial charge on any atom is 0.310 e. The second-order valence-corrected chi connectivity index (χ2v) is 5.81. The van der Waals surface area contributed by atoms with Crippen LogP contribution in [0.25, 0.3) is 0 Å². The molecule has 2 rings (SSSR count). The summed E-state index contributed by atoms with van der Waals surface area (Å²) in [5.41, 5.74) is 2.17. The van der Waals surface area contributed by atoms with Gasteiger partial charge in [-0.15, -0.1) is 0 Å². The highest BCUT2D eigenvalue weighted by Gasteiger charge is 2.24. The number of carboxylic acids is 1. The smallest absolute Gasteiger partial charge is 0.310 e. The van der Waals surface area contributed by atoms with E-state index in [0.29, 0.717) is 18.0 Å². The highest BCUT2D eigenvalue weighted by atomic mass is 32.2. The number of aliphatic carboxylic acids is 1. The van der Waals surface area contributed by atoms with E-state index < -0.39 is 11.9 Å². The third-order valence-electron chi connectivity index (χ3n) is 3.25. The first-order valence-corrected chi connectivity index (χ1v) is 7.43. The van der Waals surface area contributed by atoms with Gasteiger partial charge in [-0.25, -0.2) is 9.97 Å². The highest BCUT2D eigenvalue weighted by molar-refractivity contribution is 7.99. The molecule has 2 heterocycles. The highest BCUT2D eigenvalue weighted by Crippen LogP contribution is 2.27. The van der Waals surface area contributed by atoms with E-state index in [9.17, 15) is 4.79 Å². The van der Waals surface area contributed by atoms with Crippen molar-refractivity contribution in [2.24, 2.45) is 0 Å². The fourth-order valence-electron chi connectivity index (χ4n) is 2.28. The minimum atomic E-state index is -0.855. The molecule has 1 aromatic rings. The zero-order valence-electron chi connectivity index (χ0n) is 11.3. The van der Waals surface area contributed by atoms with Gasteiger partial charge in [0.2, 0.25) is 0 Å². The molecule has 0 aromatic carbocycles. The molecule has 0 aliphatic carbocycles. The van der Waals surface area contributed by atoms with E-state index in [2.05, 4.69) is 9.97 Å². The van der Waals surface area contributed by atoms with Crippen molar-refractivity contribution in [2.45, 2.75) is 32.8 Å². The number of hydrogen-bond donors (Lipinski definition) is 1. The van der Waals surface area contributed by atoms with E-state index in [1.807, 2.05) is 25.6 Å². The first-order valence-electron chi connectivity index (χ1n) is 6.28. The Morgan fingerprint density at radius 1 is 1.42 bits per heavy atom. The lowest BCUT2D eigenvalue weighted by molar-refractivity contribution is -0.138. The minimum Gasteiger partial charge on any atom is -0.481 e. The zero-order chi connectivity index (χ0) is 14.0. The lowest BCUT2D eigenvalue weighted by Gasteiger charge is -2.22. The van der Waals surface area contributed by atoms with Crippen LogP contribution in [0.4, 0.5) is 0 Å². The Kier molecular flexibility index (Phi) is 4.42. The van der Waals surface area contributed by atoms with Crippen molar-refractivity contribution in [2.75, 3.05) is 18.1 Å². The molecule has 0 saturated carbocycles. The average Bonchev–Trinajstić information content (AvgIpc) is 2.38. The molecule has 2 unspecified atom stereocenters. The molecule has 19 heavy (non-hydrogen) atoms. The van der Waals surface area contributed by atoms with E-state index in [-0.39, 0.29) is 6.10 Å². The molecule has 0 spiro atoms. The van der Waals surface area contributed by atoms with Crippen molar-refractivity contribution in [3.8, 4) is 0 Å². The molecule has 1 aliphatic heterocycles. The molecular weight excluding hydrogens is 264 g/mol. The first-order chi connectivity index (χ1) is 9.00. The number of hydrogen-bond acceptors (Lipinski definition) is 5. The molecule has 104 valence electrons. The molecule has 5 nitrogen and oxygen atoms in total. The van der Waals surface area contributed by atoms with E-state index in [4.69, 9.17) is 9.84 Å². The maximum atomic E-state index is 11.1. The SMILES string of the molecule is Cc1nc(C2CSCCO2)nc(C)c1C(C)C(=O)O. The maximum absolute atomic E-state index is 11.1. The number of aryl methyl sites for hydroxylation is 2. The van der Waals surface area contributed by atoms with Gasteiger partial charge < -0.3 is 9.84 Å². The van der Waals surface area contributed by atoms with Crippen molar-refractivity contribution < 1.29 is 14.6 Å². The van der Waals surface area contributed by atoms with Crippen LogP contribution in [0.2, 0.25) is 0 Å². The summed E-state index contributed by atoms with van der Waals surface area (Å²) in [7, 11) is 0. The van der Waals surface area contributed by atoms with Gasteiger partial charge in [-0.2, -0.15) is 11.8 Å². The summed E-state index contributed by atoms with van der Waals surface area (Å²) in [6.45, 7) is 6.05. The van der Waals surface area contributed by atoms with Gasteiger partial charge in [0.25, 0.3) is 0 Å². The fraction of sp³-hybridized carbons (Fsp3) is 0.615. The number of nitrogens with zero attached hydrogens (tertiary/aromatic N) is 2. The second kappa shape index (κ2) is 5.88. The molecule has 1 aromatic heterocycles. The summed E-state index contributed by atoms with van der Waals surface area (Å²) in [5, 5.41) is 9.12. The Morgan fingerprint density at radius 2 is 2.05 bits per heavy atom. The molecule has 0 amide bonds. The Labute approximate surface area is 116 Å². The third-order valence-corrected chi connectivity index (χ3v) is 4.25. The lowest BCUT2D eigenvalue weighted by atomic mass is 9.98. The van der Waals surface area contributed by atoms with Gasteiger partial charge in [0.1, 0.15) is 6.10 Å². The Hall–Kier alpha value is -1.14. The molecule has 0 bridgehead atoms. The van der Waals surface area contributed by atoms with Crippen molar-refractivity contribution in [1.82, 2.24) is 9.97 Å². The summed E-state index contributed by atoms with van der Waals surface area (Å²) in [5.74, 6) is 1.08. The molecule has 1 fully saturated rings. The number of carbonyl (C=O) groups is 1. The lowest BCUT2D eigenvalue weighted by Crippen LogP contribution is -2.21. The molecule has 1 N–H and O–H groups in total. The van der Waals surface area contributed by atoms with Crippen molar-refractivity contribution >= 4 is 17.7 Å². The Balaban J connectivity index is 2.33. The van der Waals surface area contributed by atoms with Crippen LogP contribution in [0.5, 0.6) is 0 Å². The standard InChI is InChI=1S/C13H18N2O3S/c1-7(13(16)17)11-8(2)14-12(15-9(11)3)10-6-19-5-4-18-10/h7,10H,4-6H2,1-3H3,(H,16,17). The van der Waals surface area contributed by atoms with Crippen LogP contribution < -0.4 is 0 Å². The Bertz CT molecular complexity index is 464. The van der Waals surface area contributed by atoms with Crippen molar-refractivity contribution in [3.63, 3.8) is 0 Å². The number of rotatable bonds is 3. The van der Waals surface area contributed by atoms with E-state index in [0.717, 1.165) is 22.9 Å². The molecule has 1 saturated heterocycles. The summed E-state index contributed by atoms with van der Waals surface area (Å²) in [4.78, 5) is 20.0. The summed E-state index contributed by atoms with van der Waals surface area (Å²) in [6.07, 6.45) is -0.0784. The van der Waals surface area contributed by atoms with Gasteiger partial charge in [-0.1, -0.05) is 0 Å². The minimum absolute atomic E-state index is 0.0784. The topological polar surface area (TPSA) is 72.3 Å². The van der Waals surface area contributed by atoms with Gasteiger partial charge in [0.15, 0.2) is 5.82 Å². The Morgan fingerprint density at radius 3 is 2.53 bits per heavy atom. The number of aromatic nitrogens is 2.